The highest BCUT2D eigenvalue weighted by atomic mass is 79.9. The average molecular weight is 365 g/mol. The number of carboxylic acids is 1. The maximum Gasteiger partial charge on any atom is 0.358 e. The number of rotatable bonds is 3. The number of amides is 1. The molecule has 0 spiro atoms. The van der Waals surface area contributed by atoms with Crippen molar-refractivity contribution in [3.05, 3.63) is 40.5 Å². The minimum absolute atomic E-state index is 0.103. The summed E-state index contributed by atoms with van der Waals surface area (Å²) < 4.78 is 3.47. The van der Waals surface area contributed by atoms with Crippen LogP contribution in [0.1, 0.15) is 21.0 Å². The molecule has 0 unspecified atom stereocenters. The van der Waals surface area contributed by atoms with Crippen LogP contribution >= 0.6 is 15.9 Å². The van der Waals surface area contributed by atoms with E-state index >= 15 is 0 Å². The fourth-order valence-electron chi connectivity index (χ4n) is 1.89. The first-order valence-electron chi connectivity index (χ1n) is 6.03. The lowest BCUT2D eigenvalue weighted by atomic mass is 10.3. The topological polar surface area (TPSA) is 114 Å². The molecule has 3 aromatic rings. The molecule has 3 rings (SSSR count). The zero-order valence-electron chi connectivity index (χ0n) is 11.2. The van der Waals surface area contributed by atoms with E-state index in [2.05, 4.69) is 36.4 Å². The normalized spacial score (nSPS) is 10.8. The van der Waals surface area contributed by atoms with Gasteiger partial charge in [0.05, 0.1) is 10.2 Å². The molecular weight excluding hydrogens is 356 g/mol. The number of aromatic carboxylic acids is 1. The zero-order chi connectivity index (χ0) is 15.9. The summed E-state index contributed by atoms with van der Waals surface area (Å²) in [6.07, 6.45) is 4.65. The van der Waals surface area contributed by atoms with Gasteiger partial charge in [-0.2, -0.15) is 10.2 Å². The summed E-state index contributed by atoms with van der Waals surface area (Å²) in [7, 11) is 1.56. The lowest BCUT2D eigenvalue weighted by Crippen LogP contribution is -2.14. The van der Waals surface area contributed by atoms with Gasteiger partial charge in [0.15, 0.2) is 17.0 Å². The fraction of sp³-hybridized carbons (Fsp3) is 0.0833. The maximum absolute atomic E-state index is 12.2. The molecule has 9 nitrogen and oxygen atoms in total. The number of anilines is 1. The Morgan fingerprint density at radius 2 is 2.09 bits per heavy atom. The lowest BCUT2D eigenvalue weighted by molar-refractivity contribution is 0.0690. The van der Waals surface area contributed by atoms with E-state index in [1.165, 1.54) is 21.5 Å². The number of nitrogens with one attached hydrogen (secondary N) is 1. The highest BCUT2D eigenvalue weighted by Crippen LogP contribution is 2.15. The molecule has 112 valence electrons. The molecule has 0 bridgehead atoms. The number of carbonyl (C=O) groups excluding carboxylic acids is 1. The van der Waals surface area contributed by atoms with Crippen molar-refractivity contribution in [1.29, 1.82) is 0 Å². The highest BCUT2D eigenvalue weighted by Gasteiger charge is 2.19. The van der Waals surface area contributed by atoms with Crippen LogP contribution in [0.15, 0.2) is 29.1 Å². The highest BCUT2D eigenvalue weighted by molar-refractivity contribution is 9.10. The first-order chi connectivity index (χ1) is 10.4. The molecule has 3 aromatic heterocycles. The molecule has 0 fully saturated rings. The van der Waals surface area contributed by atoms with E-state index in [0.29, 0.717) is 5.65 Å². The first-order valence-corrected chi connectivity index (χ1v) is 6.82. The van der Waals surface area contributed by atoms with E-state index in [-0.39, 0.29) is 17.1 Å². The Balaban J connectivity index is 1.91. The summed E-state index contributed by atoms with van der Waals surface area (Å²) in [6.45, 7) is 0. The van der Waals surface area contributed by atoms with E-state index in [1.54, 1.807) is 19.4 Å². The van der Waals surface area contributed by atoms with Crippen molar-refractivity contribution in [2.75, 3.05) is 5.32 Å². The van der Waals surface area contributed by atoms with Crippen LogP contribution < -0.4 is 5.32 Å². The Hall–Kier alpha value is -2.75. The Morgan fingerprint density at radius 3 is 2.82 bits per heavy atom. The molecule has 10 heteroatoms. The summed E-state index contributed by atoms with van der Waals surface area (Å²) >= 11 is 3.26. The maximum atomic E-state index is 12.2. The Kier molecular flexibility index (Phi) is 3.37. The van der Waals surface area contributed by atoms with Crippen LogP contribution in [-0.4, -0.2) is 41.4 Å². The predicted octanol–water partition coefficient (Wildman–Crippen LogP) is 1.18. The van der Waals surface area contributed by atoms with E-state index in [0.717, 1.165) is 4.47 Å². The van der Waals surface area contributed by atoms with Crippen LogP contribution in [0.25, 0.3) is 5.65 Å². The number of nitrogens with zero attached hydrogens (tertiary/aromatic N) is 5. The number of hydrogen-bond donors (Lipinski definition) is 2. The standard InChI is InChI=1S/C12H9BrN6O3/c1-18-5-8(10(17-18)12(21)22)15-11(20)7-2-9-14-3-6(13)4-19(9)16-7/h2-5H,1H3,(H,15,20)(H,21,22). The molecule has 0 aliphatic carbocycles. The molecule has 1 amide bonds. The second-order valence-corrected chi connectivity index (χ2v) is 5.34. The summed E-state index contributed by atoms with van der Waals surface area (Å²) in [4.78, 5) is 27.4. The van der Waals surface area contributed by atoms with Gasteiger partial charge in [-0.15, -0.1) is 0 Å². The van der Waals surface area contributed by atoms with Gasteiger partial charge in [0, 0.05) is 31.7 Å². The van der Waals surface area contributed by atoms with Crippen LogP contribution in [0.5, 0.6) is 0 Å². The molecule has 3 heterocycles. The molecule has 2 N–H and O–H groups in total. The van der Waals surface area contributed by atoms with Crippen molar-refractivity contribution in [2.45, 2.75) is 0 Å². The summed E-state index contributed by atoms with van der Waals surface area (Å²) in [5.41, 5.74) is 0.482. The van der Waals surface area contributed by atoms with Crippen LogP contribution in [0.2, 0.25) is 0 Å². The minimum atomic E-state index is -1.23. The van der Waals surface area contributed by atoms with Gasteiger partial charge in [-0.1, -0.05) is 0 Å². The van der Waals surface area contributed by atoms with Crippen molar-refractivity contribution in [3.63, 3.8) is 0 Å². The van der Waals surface area contributed by atoms with Gasteiger partial charge in [-0.3, -0.25) is 9.48 Å². The molecule has 0 atom stereocenters. The number of carboxylic acid groups (broad SMARTS) is 1. The van der Waals surface area contributed by atoms with Gasteiger partial charge in [-0.25, -0.2) is 14.3 Å². The van der Waals surface area contributed by atoms with Crippen LogP contribution in [0.4, 0.5) is 5.69 Å². The number of carbonyl (C=O) groups is 2. The number of aryl methyl sites for hydroxylation is 1. The number of aromatic nitrogens is 5. The molecule has 0 saturated heterocycles. The van der Waals surface area contributed by atoms with Crippen LogP contribution in [-0.2, 0) is 7.05 Å². The second-order valence-electron chi connectivity index (χ2n) is 4.43. The Morgan fingerprint density at radius 1 is 1.32 bits per heavy atom. The van der Waals surface area contributed by atoms with E-state index < -0.39 is 11.9 Å². The molecular formula is C12H9BrN6O3. The number of halogens is 1. The third kappa shape index (κ3) is 2.55. The zero-order valence-corrected chi connectivity index (χ0v) is 12.8. The van der Waals surface area contributed by atoms with Crippen LogP contribution in [0, 0.1) is 0 Å². The quantitative estimate of drug-likeness (QED) is 0.720. The monoisotopic (exact) mass is 364 g/mol. The van der Waals surface area contributed by atoms with Crippen molar-refractivity contribution in [3.8, 4) is 0 Å². The van der Waals surface area contributed by atoms with E-state index in [1.807, 2.05) is 0 Å². The summed E-state index contributed by atoms with van der Waals surface area (Å²) in [5, 5.41) is 19.4. The van der Waals surface area contributed by atoms with Crippen molar-refractivity contribution < 1.29 is 14.7 Å². The van der Waals surface area contributed by atoms with Gasteiger partial charge in [0.2, 0.25) is 0 Å². The van der Waals surface area contributed by atoms with Crippen LogP contribution in [0.3, 0.4) is 0 Å². The number of hydrogen-bond acceptors (Lipinski definition) is 5. The average Bonchev–Trinajstić information content (AvgIpc) is 3.01. The van der Waals surface area contributed by atoms with E-state index in [4.69, 9.17) is 5.11 Å². The molecule has 0 aromatic carbocycles. The third-order valence-corrected chi connectivity index (χ3v) is 3.20. The molecule has 0 saturated carbocycles. The molecule has 0 radical (unpaired) electrons. The lowest BCUT2D eigenvalue weighted by Gasteiger charge is -2.00. The molecule has 0 aliphatic heterocycles. The fourth-order valence-corrected chi connectivity index (χ4v) is 2.19. The largest absolute Gasteiger partial charge is 0.476 e. The van der Waals surface area contributed by atoms with Crippen molar-refractivity contribution in [1.82, 2.24) is 24.4 Å². The smallest absolute Gasteiger partial charge is 0.358 e. The Labute approximate surface area is 131 Å². The van der Waals surface area contributed by atoms with Gasteiger partial charge in [-0.05, 0) is 15.9 Å². The molecule has 0 aliphatic rings. The number of fused-ring (bicyclic) bond motifs is 1. The summed E-state index contributed by atoms with van der Waals surface area (Å²) in [5.74, 6) is -1.77. The third-order valence-electron chi connectivity index (χ3n) is 2.79. The second kappa shape index (κ2) is 5.22. The molecule has 22 heavy (non-hydrogen) atoms. The van der Waals surface area contributed by atoms with Gasteiger partial charge >= 0.3 is 5.97 Å². The SMILES string of the molecule is Cn1cc(NC(=O)c2cc3ncc(Br)cn3n2)c(C(=O)O)n1. The Bertz CT molecular complexity index is 900. The predicted molar refractivity (Wildman–Crippen MR) is 78.8 cm³/mol. The van der Waals surface area contributed by atoms with E-state index in [9.17, 15) is 9.59 Å². The first kappa shape index (κ1) is 14.2. The van der Waals surface area contributed by atoms with Crippen molar-refractivity contribution in [2.24, 2.45) is 7.05 Å². The summed E-state index contributed by atoms with van der Waals surface area (Å²) in [6, 6.07) is 1.50. The minimum Gasteiger partial charge on any atom is -0.476 e. The van der Waals surface area contributed by atoms with Gasteiger partial charge < -0.3 is 10.4 Å². The van der Waals surface area contributed by atoms with Gasteiger partial charge in [0.1, 0.15) is 0 Å². The van der Waals surface area contributed by atoms with Crippen molar-refractivity contribution >= 4 is 39.1 Å². The van der Waals surface area contributed by atoms with Gasteiger partial charge in [0.25, 0.3) is 5.91 Å².